The molecule has 3 rings (SSSR count). The average molecular weight is 345 g/mol. The van der Waals surface area contributed by atoms with Gasteiger partial charge in [0.05, 0.1) is 11.4 Å². The first-order valence-electron chi connectivity index (χ1n) is 6.93. The molecule has 0 atom stereocenters. The number of halogens is 1. The number of aromatic nitrogens is 4. The first-order valence-corrected chi connectivity index (χ1v) is 7.92. The number of benzene rings is 1. The molecule has 0 aliphatic carbocycles. The Morgan fingerprint density at radius 1 is 1.17 bits per heavy atom. The van der Waals surface area contributed by atoms with Crippen molar-refractivity contribution in [2.75, 3.05) is 11.1 Å². The summed E-state index contributed by atoms with van der Waals surface area (Å²) < 4.78 is 17.4. The van der Waals surface area contributed by atoms with Gasteiger partial charge in [0.1, 0.15) is 16.5 Å². The molecule has 1 amide bonds. The Bertz CT molecular complexity index is 836. The highest BCUT2D eigenvalue weighted by Gasteiger charge is 2.10. The number of carbonyl (C=O) groups is 1. The van der Waals surface area contributed by atoms with Gasteiger partial charge in [-0.3, -0.25) is 4.79 Å². The van der Waals surface area contributed by atoms with Crippen molar-refractivity contribution in [1.29, 1.82) is 0 Å². The summed E-state index contributed by atoms with van der Waals surface area (Å²) >= 11 is 1.24. The largest absolute Gasteiger partial charge is 0.306 e. The number of carbonyl (C=O) groups excluding carboxylic acids is 1. The Hall–Kier alpha value is -2.81. The van der Waals surface area contributed by atoms with Gasteiger partial charge in [-0.2, -0.15) is 0 Å². The van der Waals surface area contributed by atoms with Gasteiger partial charge in [0.2, 0.25) is 5.91 Å². The fourth-order valence-electron chi connectivity index (χ4n) is 1.82. The van der Waals surface area contributed by atoms with Crippen LogP contribution in [0.15, 0.2) is 46.1 Å². The van der Waals surface area contributed by atoms with Gasteiger partial charge in [0.15, 0.2) is 5.82 Å². The fourth-order valence-corrected chi connectivity index (χ4v) is 2.44. The zero-order chi connectivity index (χ0) is 16.9. The van der Waals surface area contributed by atoms with Gasteiger partial charge in [-0.15, -0.1) is 10.2 Å². The molecule has 24 heavy (non-hydrogen) atoms. The van der Waals surface area contributed by atoms with E-state index in [1.807, 2.05) is 0 Å². The fraction of sp³-hybridized carbons (Fsp3) is 0.133. The van der Waals surface area contributed by atoms with Gasteiger partial charge in [0.25, 0.3) is 0 Å². The predicted molar refractivity (Wildman–Crippen MR) is 85.8 cm³/mol. The van der Waals surface area contributed by atoms with Crippen LogP contribution in [0.25, 0.3) is 11.3 Å². The van der Waals surface area contributed by atoms with Gasteiger partial charge in [-0.1, -0.05) is 16.9 Å². The molecule has 3 aromatic rings. The van der Waals surface area contributed by atoms with E-state index in [9.17, 15) is 9.18 Å². The minimum Gasteiger partial charge on any atom is -0.306 e. The molecule has 9 heteroatoms. The van der Waals surface area contributed by atoms with Crippen molar-refractivity contribution in [2.24, 2.45) is 0 Å². The molecular formula is C15H12FN5O2S. The lowest BCUT2D eigenvalue weighted by molar-refractivity contribution is -0.113. The Labute approximate surface area is 140 Å². The number of nitrogens with zero attached hydrogens (tertiary/aromatic N) is 4. The summed E-state index contributed by atoms with van der Waals surface area (Å²) in [6, 6.07) is 9.52. The maximum Gasteiger partial charge on any atom is 0.236 e. The van der Waals surface area contributed by atoms with E-state index in [-0.39, 0.29) is 17.5 Å². The van der Waals surface area contributed by atoms with Crippen LogP contribution < -0.4 is 5.32 Å². The van der Waals surface area contributed by atoms with Crippen LogP contribution in [0.2, 0.25) is 0 Å². The molecule has 1 aromatic carbocycles. The van der Waals surface area contributed by atoms with Crippen LogP contribution in [0.4, 0.5) is 10.2 Å². The maximum atomic E-state index is 12.9. The van der Waals surface area contributed by atoms with Crippen LogP contribution in [0.5, 0.6) is 0 Å². The summed E-state index contributed by atoms with van der Waals surface area (Å²) in [7, 11) is 0. The van der Waals surface area contributed by atoms with Crippen molar-refractivity contribution in [3.05, 3.63) is 47.9 Å². The number of rotatable bonds is 5. The van der Waals surface area contributed by atoms with Gasteiger partial charge in [-0.05, 0) is 48.5 Å². The molecule has 0 fully saturated rings. The zero-order valence-electron chi connectivity index (χ0n) is 12.6. The van der Waals surface area contributed by atoms with E-state index in [1.165, 1.54) is 23.9 Å². The van der Waals surface area contributed by atoms with Crippen molar-refractivity contribution in [2.45, 2.75) is 11.9 Å². The molecule has 7 nitrogen and oxygen atoms in total. The third-order valence-electron chi connectivity index (χ3n) is 3.04. The van der Waals surface area contributed by atoms with Gasteiger partial charge >= 0.3 is 0 Å². The first kappa shape index (κ1) is 16.1. The van der Waals surface area contributed by atoms with E-state index < -0.39 is 0 Å². The van der Waals surface area contributed by atoms with Gasteiger partial charge in [0, 0.05) is 5.56 Å². The molecule has 0 spiro atoms. The molecular weight excluding hydrogens is 333 g/mol. The lowest BCUT2D eigenvalue weighted by Crippen LogP contribution is -2.15. The molecule has 0 saturated carbocycles. The zero-order valence-corrected chi connectivity index (χ0v) is 13.4. The van der Waals surface area contributed by atoms with Crippen molar-refractivity contribution in [3.8, 4) is 11.3 Å². The van der Waals surface area contributed by atoms with Crippen LogP contribution in [0.1, 0.15) is 5.69 Å². The van der Waals surface area contributed by atoms with Crippen LogP contribution in [-0.4, -0.2) is 32.2 Å². The van der Waals surface area contributed by atoms with Gasteiger partial charge in [-0.25, -0.2) is 9.02 Å². The molecule has 2 heterocycles. The van der Waals surface area contributed by atoms with Gasteiger partial charge < -0.3 is 5.32 Å². The quantitative estimate of drug-likeness (QED) is 0.711. The number of nitrogens with one attached hydrogen (secondary N) is 1. The van der Waals surface area contributed by atoms with Crippen molar-refractivity contribution in [3.63, 3.8) is 0 Å². The molecule has 0 saturated heterocycles. The smallest absolute Gasteiger partial charge is 0.236 e. The molecule has 0 aliphatic rings. The van der Waals surface area contributed by atoms with E-state index in [1.54, 1.807) is 31.2 Å². The summed E-state index contributed by atoms with van der Waals surface area (Å²) in [5, 5.41) is 18.5. The maximum absolute atomic E-state index is 12.9. The average Bonchev–Trinajstić information content (AvgIpc) is 2.99. The SMILES string of the molecule is Cc1nonc1NC(=O)CSc1ccc(-c2ccc(F)cc2)nn1. The number of aryl methyl sites for hydroxylation is 1. The number of hydrogen-bond donors (Lipinski definition) is 1. The molecule has 0 unspecified atom stereocenters. The third-order valence-corrected chi connectivity index (χ3v) is 3.96. The Balaban J connectivity index is 1.57. The second kappa shape index (κ2) is 7.18. The summed E-state index contributed by atoms with van der Waals surface area (Å²) in [4.78, 5) is 11.8. The number of amides is 1. The van der Waals surface area contributed by atoms with E-state index in [2.05, 4.69) is 30.5 Å². The van der Waals surface area contributed by atoms with Crippen molar-refractivity contribution >= 4 is 23.5 Å². The predicted octanol–water partition coefficient (Wildman–Crippen LogP) is 2.70. The topological polar surface area (TPSA) is 93.8 Å². The monoisotopic (exact) mass is 345 g/mol. The first-order chi connectivity index (χ1) is 11.6. The van der Waals surface area contributed by atoms with Crippen LogP contribution in [0.3, 0.4) is 0 Å². The lowest BCUT2D eigenvalue weighted by Gasteiger charge is -2.03. The van der Waals surface area contributed by atoms with E-state index in [0.29, 0.717) is 22.2 Å². The summed E-state index contributed by atoms with van der Waals surface area (Å²) in [5.41, 5.74) is 1.91. The number of anilines is 1. The van der Waals surface area contributed by atoms with Crippen LogP contribution in [-0.2, 0) is 4.79 Å². The lowest BCUT2D eigenvalue weighted by atomic mass is 10.1. The van der Waals surface area contributed by atoms with Crippen LogP contribution in [0, 0.1) is 12.7 Å². The number of hydrogen-bond acceptors (Lipinski definition) is 7. The normalized spacial score (nSPS) is 10.6. The highest BCUT2D eigenvalue weighted by atomic mass is 32.2. The highest BCUT2D eigenvalue weighted by molar-refractivity contribution is 7.99. The standard InChI is InChI=1S/C15H12FN5O2S/c1-9-15(21-23-20-9)17-13(22)8-24-14-7-6-12(18-19-14)10-2-4-11(16)5-3-10/h2-7H,8H2,1H3,(H,17,21,22). The second-order valence-corrected chi connectivity index (χ2v) is 5.79. The molecule has 2 aromatic heterocycles. The van der Waals surface area contributed by atoms with E-state index in [4.69, 9.17) is 0 Å². The van der Waals surface area contributed by atoms with Crippen molar-refractivity contribution in [1.82, 2.24) is 20.5 Å². The minimum atomic E-state index is -0.303. The van der Waals surface area contributed by atoms with E-state index >= 15 is 0 Å². The molecule has 122 valence electrons. The second-order valence-electron chi connectivity index (χ2n) is 4.80. The van der Waals surface area contributed by atoms with E-state index in [0.717, 1.165) is 5.56 Å². The molecule has 1 N–H and O–H groups in total. The minimum absolute atomic E-state index is 0.150. The third kappa shape index (κ3) is 3.93. The molecule has 0 aliphatic heterocycles. The Morgan fingerprint density at radius 3 is 2.58 bits per heavy atom. The Morgan fingerprint density at radius 2 is 1.96 bits per heavy atom. The van der Waals surface area contributed by atoms with Crippen molar-refractivity contribution < 1.29 is 13.8 Å². The number of thioether (sulfide) groups is 1. The summed E-state index contributed by atoms with van der Waals surface area (Å²) in [6.45, 7) is 1.68. The summed E-state index contributed by atoms with van der Waals surface area (Å²) in [6.07, 6.45) is 0. The van der Waals surface area contributed by atoms with Crippen LogP contribution >= 0.6 is 11.8 Å². The highest BCUT2D eigenvalue weighted by Crippen LogP contribution is 2.20. The summed E-state index contributed by atoms with van der Waals surface area (Å²) in [5.74, 6) is -0.0966. The molecule has 0 radical (unpaired) electrons. The molecule has 0 bridgehead atoms. The Kier molecular flexibility index (Phi) is 4.80.